The van der Waals surface area contributed by atoms with Gasteiger partial charge in [0.05, 0.1) is 0 Å². The number of thioether (sulfide) groups is 1. The predicted octanol–water partition coefficient (Wildman–Crippen LogP) is 3.86. The van der Waals surface area contributed by atoms with E-state index in [-0.39, 0.29) is 5.91 Å². The highest BCUT2D eigenvalue weighted by Crippen LogP contribution is 2.33. The van der Waals surface area contributed by atoms with E-state index in [0.717, 1.165) is 12.8 Å². The van der Waals surface area contributed by atoms with Gasteiger partial charge in [-0.1, -0.05) is 11.8 Å². The van der Waals surface area contributed by atoms with Crippen LogP contribution in [-0.2, 0) is 4.79 Å². The molecule has 1 amide bonds. The van der Waals surface area contributed by atoms with Gasteiger partial charge < -0.3 is 10.6 Å². The minimum atomic E-state index is -2.42. The van der Waals surface area contributed by atoms with Gasteiger partial charge in [-0.15, -0.1) is 0 Å². The van der Waals surface area contributed by atoms with Crippen molar-refractivity contribution in [2.75, 3.05) is 5.32 Å². The maximum Gasteiger partial charge on any atom is 0.288 e. The number of carbonyl (C=O) groups is 1. The van der Waals surface area contributed by atoms with Crippen LogP contribution in [0.15, 0.2) is 29.2 Å². The van der Waals surface area contributed by atoms with Crippen LogP contribution in [0.3, 0.4) is 0 Å². The molecule has 22 heavy (non-hydrogen) atoms. The summed E-state index contributed by atoms with van der Waals surface area (Å²) < 4.78 is 24.5. The number of rotatable bonds is 5. The Morgan fingerprint density at radius 1 is 1.23 bits per heavy atom. The van der Waals surface area contributed by atoms with Gasteiger partial charge in [0.1, 0.15) is 0 Å². The molecule has 0 saturated carbocycles. The maximum absolute atomic E-state index is 12.2. The van der Waals surface area contributed by atoms with Crippen LogP contribution in [0, 0.1) is 5.92 Å². The highest BCUT2D eigenvalue weighted by Gasteiger charge is 2.34. The van der Waals surface area contributed by atoms with Gasteiger partial charge in [0.25, 0.3) is 5.76 Å². The molecule has 2 bridgehead atoms. The van der Waals surface area contributed by atoms with Gasteiger partial charge in [0, 0.05) is 29.1 Å². The van der Waals surface area contributed by atoms with Crippen LogP contribution in [0.4, 0.5) is 14.5 Å². The third-order valence-corrected chi connectivity index (χ3v) is 5.13. The molecule has 1 aromatic rings. The Morgan fingerprint density at radius 2 is 1.86 bits per heavy atom. The van der Waals surface area contributed by atoms with Gasteiger partial charge in [-0.05, 0) is 55.9 Å². The molecule has 0 aromatic heterocycles. The minimum Gasteiger partial charge on any atom is -0.326 e. The highest BCUT2D eigenvalue weighted by atomic mass is 32.2. The zero-order valence-corrected chi connectivity index (χ0v) is 13.0. The lowest BCUT2D eigenvalue weighted by atomic mass is 9.89. The number of alkyl halides is 2. The number of carbonyl (C=O) groups excluding carboxylic acids is 1. The fourth-order valence-corrected chi connectivity index (χ4v) is 4.03. The Labute approximate surface area is 133 Å². The average Bonchev–Trinajstić information content (AvgIpc) is 2.79. The van der Waals surface area contributed by atoms with Crippen molar-refractivity contribution >= 4 is 23.4 Å². The van der Waals surface area contributed by atoms with E-state index in [4.69, 9.17) is 0 Å². The van der Waals surface area contributed by atoms with Crippen LogP contribution in [0.2, 0.25) is 0 Å². The molecule has 2 fully saturated rings. The highest BCUT2D eigenvalue weighted by molar-refractivity contribution is 7.99. The first-order valence-electron chi connectivity index (χ1n) is 7.69. The van der Waals surface area contributed by atoms with E-state index in [1.54, 1.807) is 24.3 Å². The topological polar surface area (TPSA) is 41.1 Å². The summed E-state index contributed by atoms with van der Waals surface area (Å²) in [6.45, 7) is 0. The SMILES string of the molecule is O=C(CC1CC2CCC(C1)N2)Nc1ccc(SC(F)F)cc1. The van der Waals surface area contributed by atoms with E-state index in [0.29, 0.717) is 46.8 Å². The minimum absolute atomic E-state index is 0.0144. The Kier molecular flexibility index (Phi) is 4.98. The lowest BCUT2D eigenvalue weighted by Crippen LogP contribution is -2.39. The molecular weight excluding hydrogens is 306 g/mol. The van der Waals surface area contributed by atoms with Crippen LogP contribution in [-0.4, -0.2) is 23.7 Å². The third kappa shape index (κ3) is 4.20. The number of hydrogen-bond acceptors (Lipinski definition) is 3. The van der Waals surface area contributed by atoms with Crippen molar-refractivity contribution in [2.24, 2.45) is 5.92 Å². The fourth-order valence-electron chi connectivity index (χ4n) is 3.54. The van der Waals surface area contributed by atoms with E-state index in [2.05, 4.69) is 10.6 Å². The van der Waals surface area contributed by atoms with E-state index < -0.39 is 5.76 Å². The predicted molar refractivity (Wildman–Crippen MR) is 84.2 cm³/mol. The second-order valence-electron chi connectivity index (χ2n) is 6.13. The van der Waals surface area contributed by atoms with Crippen LogP contribution in [0.25, 0.3) is 0 Å². The van der Waals surface area contributed by atoms with Crippen LogP contribution < -0.4 is 10.6 Å². The third-order valence-electron chi connectivity index (χ3n) is 4.41. The summed E-state index contributed by atoms with van der Waals surface area (Å²) in [5, 5.41) is 6.43. The van der Waals surface area contributed by atoms with Gasteiger partial charge in [-0.2, -0.15) is 8.78 Å². The molecule has 3 nitrogen and oxygen atoms in total. The van der Waals surface area contributed by atoms with Crippen molar-refractivity contribution in [3.63, 3.8) is 0 Å². The van der Waals surface area contributed by atoms with E-state index in [1.165, 1.54) is 12.8 Å². The van der Waals surface area contributed by atoms with Crippen molar-refractivity contribution < 1.29 is 13.6 Å². The monoisotopic (exact) mass is 326 g/mol. The zero-order chi connectivity index (χ0) is 15.5. The van der Waals surface area contributed by atoms with Crippen molar-refractivity contribution in [1.29, 1.82) is 0 Å². The second-order valence-corrected chi connectivity index (χ2v) is 7.19. The van der Waals surface area contributed by atoms with Gasteiger partial charge in [0.2, 0.25) is 5.91 Å². The van der Waals surface area contributed by atoms with Gasteiger partial charge in [-0.3, -0.25) is 4.79 Å². The average molecular weight is 326 g/mol. The number of amides is 1. The van der Waals surface area contributed by atoms with Gasteiger partial charge in [0.15, 0.2) is 0 Å². The van der Waals surface area contributed by atoms with Gasteiger partial charge in [-0.25, -0.2) is 0 Å². The first-order valence-corrected chi connectivity index (χ1v) is 8.57. The molecule has 2 aliphatic heterocycles. The molecule has 0 radical (unpaired) electrons. The number of benzene rings is 1. The molecule has 2 atom stereocenters. The first-order chi connectivity index (χ1) is 10.6. The number of fused-ring (bicyclic) bond motifs is 2. The summed E-state index contributed by atoms with van der Waals surface area (Å²) in [7, 11) is 0. The molecule has 120 valence electrons. The lowest BCUT2D eigenvalue weighted by molar-refractivity contribution is -0.117. The van der Waals surface area contributed by atoms with Gasteiger partial charge >= 0.3 is 0 Å². The summed E-state index contributed by atoms with van der Waals surface area (Å²) in [5.74, 6) is -1.95. The maximum atomic E-state index is 12.2. The summed E-state index contributed by atoms with van der Waals surface area (Å²) in [6, 6.07) is 7.74. The van der Waals surface area contributed by atoms with E-state index in [9.17, 15) is 13.6 Å². The molecule has 6 heteroatoms. The van der Waals surface area contributed by atoms with E-state index >= 15 is 0 Å². The summed E-state index contributed by atoms with van der Waals surface area (Å²) in [5.41, 5.74) is 0.667. The molecule has 3 rings (SSSR count). The molecule has 0 spiro atoms. The Bertz CT molecular complexity index is 511. The molecular formula is C16H20F2N2OS. The molecule has 2 saturated heterocycles. The van der Waals surface area contributed by atoms with Crippen LogP contribution in [0.1, 0.15) is 32.1 Å². The smallest absolute Gasteiger partial charge is 0.288 e. The van der Waals surface area contributed by atoms with Crippen molar-refractivity contribution in [3.05, 3.63) is 24.3 Å². The largest absolute Gasteiger partial charge is 0.326 e. The Balaban J connectivity index is 1.49. The Hall–Kier alpha value is -1.14. The van der Waals surface area contributed by atoms with Crippen LogP contribution >= 0.6 is 11.8 Å². The molecule has 2 N–H and O–H groups in total. The van der Waals surface area contributed by atoms with Crippen molar-refractivity contribution in [2.45, 2.75) is 54.8 Å². The standard InChI is InChI=1S/C16H20F2N2OS/c17-16(18)22-14-5-3-11(4-6-14)20-15(21)9-10-7-12-1-2-13(8-10)19-12/h3-6,10,12-13,16,19H,1-2,7-9H2,(H,20,21). The number of nitrogens with one attached hydrogen (secondary N) is 2. The quantitative estimate of drug-likeness (QED) is 0.807. The fraction of sp³-hybridized carbons (Fsp3) is 0.562. The van der Waals surface area contributed by atoms with E-state index in [1.807, 2.05) is 0 Å². The number of halogens is 2. The van der Waals surface area contributed by atoms with Crippen LogP contribution in [0.5, 0.6) is 0 Å². The summed E-state index contributed by atoms with van der Waals surface area (Å²) in [4.78, 5) is 12.6. The number of anilines is 1. The molecule has 2 heterocycles. The lowest BCUT2D eigenvalue weighted by Gasteiger charge is -2.28. The second kappa shape index (κ2) is 6.96. The number of piperidine rings is 1. The van der Waals surface area contributed by atoms with Crippen molar-refractivity contribution in [3.8, 4) is 0 Å². The summed E-state index contributed by atoms with van der Waals surface area (Å²) in [6.07, 6.45) is 5.15. The molecule has 1 aromatic carbocycles. The normalized spacial score (nSPS) is 27.1. The van der Waals surface area contributed by atoms with Crippen molar-refractivity contribution in [1.82, 2.24) is 5.32 Å². The Morgan fingerprint density at radius 3 is 2.45 bits per heavy atom. The number of hydrogen-bond donors (Lipinski definition) is 2. The molecule has 2 aliphatic rings. The summed E-state index contributed by atoms with van der Waals surface area (Å²) >= 11 is 0.509. The first kappa shape index (κ1) is 15.7. The molecule has 0 aliphatic carbocycles. The molecule has 2 unspecified atom stereocenters. The zero-order valence-electron chi connectivity index (χ0n) is 12.2.